The summed E-state index contributed by atoms with van der Waals surface area (Å²) in [6.45, 7) is 1.61. The van der Waals surface area contributed by atoms with Gasteiger partial charge in [0.25, 0.3) is 11.6 Å². The Morgan fingerprint density at radius 3 is 2.88 bits per heavy atom. The van der Waals surface area contributed by atoms with Crippen LogP contribution in [-0.2, 0) is 4.79 Å². The van der Waals surface area contributed by atoms with E-state index in [1.165, 1.54) is 24.4 Å². The van der Waals surface area contributed by atoms with Gasteiger partial charge in [0.15, 0.2) is 6.61 Å². The van der Waals surface area contributed by atoms with E-state index in [2.05, 4.69) is 10.5 Å². The zero-order valence-electron chi connectivity index (χ0n) is 12.7. The van der Waals surface area contributed by atoms with Crippen LogP contribution in [-0.4, -0.2) is 23.7 Å². The van der Waals surface area contributed by atoms with Gasteiger partial charge in [0.05, 0.1) is 11.1 Å². The molecule has 2 aromatic carbocycles. The van der Waals surface area contributed by atoms with Crippen LogP contribution in [0.3, 0.4) is 0 Å². The maximum atomic E-state index is 11.7. The molecule has 124 valence electrons. The van der Waals surface area contributed by atoms with Gasteiger partial charge >= 0.3 is 0 Å². The molecule has 0 aliphatic heterocycles. The standard InChI is InChI=1S/C16H14ClN3O4/c1-11-7-13(17)5-6-15(11)24-10-16(21)19-18-9-12-3-2-4-14(8-12)20(22)23/h2-9H,10H2,1H3,(H,19,21)/b18-9+. The average Bonchev–Trinajstić information content (AvgIpc) is 2.54. The lowest BCUT2D eigenvalue weighted by molar-refractivity contribution is -0.384. The van der Waals surface area contributed by atoms with Crippen molar-refractivity contribution in [2.75, 3.05) is 6.61 Å². The Labute approximate surface area is 143 Å². The van der Waals surface area contributed by atoms with Crippen LogP contribution in [0.5, 0.6) is 5.75 Å². The van der Waals surface area contributed by atoms with Crippen molar-refractivity contribution in [3.8, 4) is 5.75 Å². The van der Waals surface area contributed by atoms with E-state index in [9.17, 15) is 14.9 Å². The molecule has 0 unspecified atom stereocenters. The Hall–Kier alpha value is -2.93. The van der Waals surface area contributed by atoms with Gasteiger partial charge < -0.3 is 4.74 Å². The van der Waals surface area contributed by atoms with Gasteiger partial charge in [0.2, 0.25) is 0 Å². The fraction of sp³-hybridized carbons (Fsp3) is 0.125. The molecule has 0 bridgehead atoms. The molecular weight excluding hydrogens is 334 g/mol. The van der Waals surface area contributed by atoms with Crippen molar-refractivity contribution in [1.82, 2.24) is 5.43 Å². The minimum Gasteiger partial charge on any atom is -0.483 e. The molecule has 0 heterocycles. The zero-order chi connectivity index (χ0) is 17.5. The molecule has 1 N–H and O–H groups in total. The summed E-state index contributed by atoms with van der Waals surface area (Å²) in [6.07, 6.45) is 1.32. The number of amides is 1. The first kappa shape index (κ1) is 17.4. The first-order chi connectivity index (χ1) is 11.5. The number of hydrogen-bond acceptors (Lipinski definition) is 5. The number of nitrogens with zero attached hydrogens (tertiary/aromatic N) is 2. The Kier molecular flexibility index (Phi) is 5.86. The number of benzene rings is 2. The highest BCUT2D eigenvalue weighted by Crippen LogP contribution is 2.21. The van der Waals surface area contributed by atoms with E-state index in [1.807, 2.05) is 6.92 Å². The number of ether oxygens (including phenoxy) is 1. The minimum absolute atomic E-state index is 0.0492. The summed E-state index contributed by atoms with van der Waals surface area (Å²) < 4.78 is 5.37. The molecule has 2 aromatic rings. The first-order valence-electron chi connectivity index (χ1n) is 6.91. The Balaban J connectivity index is 1.86. The van der Waals surface area contributed by atoms with Gasteiger partial charge in [-0.05, 0) is 30.7 Å². The largest absolute Gasteiger partial charge is 0.483 e. The lowest BCUT2D eigenvalue weighted by Crippen LogP contribution is -2.24. The van der Waals surface area contributed by atoms with Crippen LogP contribution in [0.15, 0.2) is 47.6 Å². The third-order valence-corrected chi connectivity index (χ3v) is 3.21. The topological polar surface area (TPSA) is 93.8 Å². The molecule has 0 saturated carbocycles. The van der Waals surface area contributed by atoms with Crippen LogP contribution in [0.25, 0.3) is 0 Å². The van der Waals surface area contributed by atoms with Crippen molar-refractivity contribution in [3.05, 3.63) is 68.7 Å². The molecular formula is C16H14ClN3O4. The fourth-order valence-electron chi connectivity index (χ4n) is 1.85. The quantitative estimate of drug-likeness (QED) is 0.493. The van der Waals surface area contributed by atoms with E-state index in [0.717, 1.165) is 5.56 Å². The molecule has 0 atom stereocenters. The molecule has 0 saturated heterocycles. The van der Waals surface area contributed by atoms with Gasteiger partial charge in [-0.1, -0.05) is 23.7 Å². The molecule has 0 aliphatic carbocycles. The van der Waals surface area contributed by atoms with E-state index in [0.29, 0.717) is 16.3 Å². The second-order valence-corrected chi connectivity index (χ2v) is 5.28. The predicted molar refractivity (Wildman–Crippen MR) is 90.5 cm³/mol. The highest BCUT2D eigenvalue weighted by Gasteiger charge is 2.06. The average molecular weight is 348 g/mol. The summed E-state index contributed by atoms with van der Waals surface area (Å²) in [6, 6.07) is 11.0. The number of non-ortho nitro benzene ring substituents is 1. The van der Waals surface area contributed by atoms with Crippen LogP contribution in [0.4, 0.5) is 5.69 Å². The van der Waals surface area contributed by atoms with Gasteiger partial charge in [-0.25, -0.2) is 5.43 Å². The molecule has 0 aliphatic rings. The van der Waals surface area contributed by atoms with Crippen LogP contribution < -0.4 is 10.2 Å². The van der Waals surface area contributed by atoms with Crippen molar-refractivity contribution < 1.29 is 14.5 Å². The van der Waals surface area contributed by atoms with Gasteiger partial charge in [0.1, 0.15) is 5.75 Å². The number of hydrogen-bond donors (Lipinski definition) is 1. The number of rotatable bonds is 6. The first-order valence-corrected chi connectivity index (χ1v) is 7.29. The smallest absolute Gasteiger partial charge is 0.277 e. The van der Waals surface area contributed by atoms with E-state index >= 15 is 0 Å². The second kappa shape index (κ2) is 8.07. The molecule has 0 radical (unpaired) electrons. The van der Waals surface area contributed by atoms with Crippen molar-refractivity contribution in [2.45, 2.75) is 6.92 Å². The van der Waals surface area contributed by atoms with Crippen LogP contribution in [0.1, 0.15) is 11.1 Å². The fourth-order valence-corrected chi connectivity index (χ4v) is 2.07. The molecule has 0 spiro atoms. The number of hydrazone groups is 1. The number of aryl methyl sites for hydroxylation is 1. The maximum Gasteiger partial charge on any atom is 0.277 e. The second-order valence-electron chi connectivity index (χ2n) is 4.84. The molecule has 2 rings (SSSR count). The molecule has 24 heavy (non-hydrogen) atoms. The van der Waals surface area contributed by atoms with E-state index in [4.69, 9.17) is 16.3 Å². The number of halogens is 1. The lowest BCUT2D eigenvalue weighted by atomic mass is 10.2. The third-order valence-electron chi connectivity index (χ3n) is 2.98. The number of nitrogens with one attached hydrogen (secondary N) is 1. The summed E-state index contributed by atoms with van der Waals surface area (Å²) in [4.78, 5) is 21.8. The maximum absolute atomic E-state index is 11.7. The lowest BCUT2D eigenvalue weighted by Gasteiger charge is -2.08. The minimum atomic E-state index is -0.502. The van der Waals surface area contributed by atoms with Crippen molar-refractivity contribution in [3.63, 3.8) is 0 Å². The van der Waals surface area contributed by atoms with Crippen molar-refractivity contribution in [2.24, 2.45) is 5.10 Å². The monoisotopic (exact) mass is 347 g/mol. The number of carbonyl (C=O) groups is 1. The van der Waals surface area contributed by atoms with Crippen LogP contribution in [0.2, 0.25) is 5.02 Å². The Bertz CT molecular complexity index is 793. The summed E-state index contributed by atoms with van der Waals surface area (Å²) >= 11 is 5.84. The van der Waals surface area contributed by atoms with Crippen molar-refractivity contribution >= 4 is 29.4 Å². The van der Waals surface area contributed by atoms with Gasteiger partial charge in [-0.3, -0.25) is 14.9 Å². The number of carbonyl (C=O) groups excluding carboxylic acids is 1. The van der Waals surface area contributed by atoms with E-state index in [1.54, 1.807) is 24.3 Å². The number of nitro benzene ring substituents is 1. The SMILES string of the molecule is Cc1cc(Cl)ccc1OCC(=O)N/N=C/c1cccc([N+](=O)[O-])c1. The van der Waals surface area contributed by atoms with Gasteiger partial charge in [-0.15, -0.1) is 0 Å². The van der Waals surface area contributed by atoms with E-state index in [-0.39, 0.29) is 12.3 Å². The molecule has 1 amide bonds. The molecule has 7 nitrogen and oxygen atoms in total. The van der Waals surface area contributed by atoms with E-state index < -0.39 is 10.8 Å². The van der Waals surface area contributed by atoms with Gasteiger partial charge in [-0.2, -0.15) is 5.10 Å². The highest BCUT2D eigenvalue weighted by molar-refractivity contribution is 6.30. The normalized spacial score (nSPS) is 10.6. The zero-order valence-corrected chi connectivity index (χ0v) is 13.5. The van der Waals surface area contributed by atoms with Crippen LogP contribution >= 0.6 is 11.6 Å². The van der Waals surface area contributed by atoms with Crippen molar-refractivity contribution in [1.29, 1.82) is 0 Å². The predicted octanol–water partition coefficient (Wildman–Crippen LogP) is 3.09. The third kappa shape index (κ3) is 5.06. The summed E-state index contributed by atoms with van der Waals surface area (Å²) in [5.74, 6) is 0.100. The molecule has 8 heteroatoms. The number of nitro groups is 1. The summed E-state index contributed by atoms with van der Waals surface area (Å²) in [5, 5.41) is 15.0. The summed E-state index contributed by atoms with van der Waals surface area (Å²) in [5.41, 5.74) is 3.56. The van der Waals surface area contributed by atoms with Gasteiger partial charge in [0, 0.05) is 22.7 Å². The highest BCUT2D eigenvalue weighted by atomic mass is 35.5. The Morgan fingerprint density at radius 1 is 1.38 bits per heavy atom. The summed E-state index contributed by atoms with van der Waals surface area (Å²) in [7, 11) is 0. The molecule has 0 aromatic heterocycles. The van der Waals surface area contributed by atoms with Crippen LogP contribution in [0, 0.1) is 17.0 Å². The Morgan fingerprint density at radius 2 is 2.17 bits per heavy atom. The molecule has 0 fully saturated rings.